The second-order valence-corrected chi connectivity index (χ2v) is 40.0. The molecule has 0 aromatic heterocycles. The third-order valence-electron chi connectivity index (χ3n) is 4.98. The van der Waals surface area contributed by atoms with Crippen LogP contribution in [0.5, 0.6) is 0 Å². The van der Waals surface area contributed by atoms with Gasteiger partial charge < -0.3 is 24.8 Å². The van der Waals surface area contributed by atoms with Crippen LogP contribution in [0.4, 0.5) is 0 Å². The summed E-state index contributed by atoms with van der Waals surface area (Å²) in [6.07, 6.45) is 9.88. The van der Waals surface area contributed by atoms with Crippen LogP contribution in [0, 0.1) is 0 Å². The van der Waals surface area contributed by atoms with Gasteiger partial charge in [0.2, 0.25) is 0 Å². The molecule has 0 spiro atoms. The Morgan fingerprint density at radius 3 is 1.54 bits per heavy atom. The van der Waals surface area contributed by atoms with E-state index in [1.165, 1.54) is 11.1 Å². The molecular formula is C20H21Cl2GeZr. The molecule has 2 aromatic carbocycles. The normalized spacial score (nSPS) is 19.5. The molecule has 2 aliphatic rings. The Labute approximate surface area is 167 Å². The van der Waals surface area contributed by atoms with E-state index in [0.29, 0.717) is 0 Å². The maximum atomic E-state index is 2.64. The van der Waals surface area contributed by atoms with Crippen molar-refractivity contribution in [3.63, 3.8) is 0 Å². The van der Waals surface area contributed by atoms with Crippen LogP contribution in [-0.4, -0.2) is 10.6 Å². The Morgan fingerprint density at radius 1 is 0.708 bits per heavy atom. The fourth-order valence-corrected chi connectivity index (χ4v) is 38.1. The number of benzene rings is 2. The molecule has 0 heterocycles. The summed E-state index contributed by atoms with van der Waals surface area (Å²) in [6, 6.07) is 18.2. The first-order chi connectivity index (χ1) is 10.8. The first-order valence-electron chi connectivity index (χ1n) is 8.16. The monoisotopic (exact) mass is 495 g/mol. The van der Waals surface area contributed by atoms with Crippen molar-refractivity contribution in [2.45, 2.75) is 18.8 Å². The van der Waals surface area contributed by atoms with Gasteiger partial charge >= 0.3 is 144 Å². The van der Waals surface area contributed by atoms with Crippen molar-refractivity contribution in [2.75, 3.05) is 0 Å². The molecule has 0 radical (unpaired) electrons. The molecule has 2 aliphatic carbocycles. The minimum absolute atomic E-state index is 0. The summed E-state index contributed by atoms with van der Waals surface area (Å²) in [5, 5.41) is 0. The predicted molar refractivity (Wildman–Crippen MR) is 95.3 cm³/mol. The summed E-state index contributed by atoms with van der Waals surface area (Å²) in [4.78, 5) is 0. The number of fused-ring (bicyclic) bond motifs is 2. The number of hydrogen-bond acceptors (Lipinski definition) is 0. The molecular weight excluding hydrogens is 475 g/mol. The summed E-state index contributed by atoms with van der Waals surface area (Å²) in [5.41, 5.74) is 6.22. The van der Waals surface area contributed by atoms with Gasteiger partial charge in [0.15, 0.2) is 0 Å². The van der Waals surface area contributed by atoms with E-state index in [1.807, 2.05) is 0 Å². The van der Waals surface area contributed by atoms with Gasteiger partial charge in [-0.15, -0.1) is 0 Å². The number of hydrogen-bond donors (Lipinski definition) is 0. The van der Waals surface area contributed by atoms with Gasteiger partial charge in [0.1, 0.15) is 0 Å². The van der Waals surface area contributed by atoms with Gasteiger partial charge in [0.05, 0.1) is 0 Å². The fraction of sp³-hybridized carbons (Fsp3) is 0.200. The summed E-state index contributed by atoms with van der Waals surface area (Å²) in [5.74, 6) is 5.29. The molecule has 4 rings (SSSR count). The van der Waals surface area contributed by atoms with Crippen LogP contribution in [0.15, 0.2) is 60.7 Å². The molecule has 123 valence electrons. The molecule has 24 heavy (non-hydrogen) atoms. The van der Waals surface area contributed by atoms with Gasteiger partial charge in [-0.25, -0.2) is 0 Å². The maximum absolute atomic E-state index is 2.64. The summed E-state index contributed by atoms with van der Waals surface area (Å²) in [6.45, 7) is 0. The molecule has 2 aromatic rings. The van der Waals surface area contributed by atoms with Crippen molar-refractivity contribution in [3.05, 3.63) is 82.9 Å². The molecule has 0 saturated carbocycles. The van der Waals surface area contributed by atoms with Crippen LogP contribution in [0.2, 0.25) is 11.5 Å². The minimum atomic E-state index is -1.57. The standard InChI is InChI=1S/2C9H7.C2H7Ge.2ClH.Zr/c2*1-2-5-9-7-3-6-8(9)4-1;1-3-2;;;/h2*1-7H;3H,1-2H3;2*1H;/q;;;;;+2/p-2. The molecule has 0 saturated heterocycles. The minimum Gasteiger partial charge on any atom is -1.00 e. The van der Waals surface area contributed by atoms with Crippen LogP contribution in [0.1, 0.15) is 29.5 Å². The first kappa shape index (κ1) is 20.2. The molecule has 4 heteroatoms. The zero-order valence-corrected chi connectivity index (χ0v) is 20.3. The van der Waals surface area contributed by atoms with Crippen molar-refractivity contribution in [1.82, 2.24) is 0 Å². The Kier molecular flexibility index (Phi) is 7.20. The van der Waals surface area contributed by atoms with E-state index in [0.717, 1.165) is 7.25 Å². The van der Waals surface area contributed by atoms with Crippen LogP contribution in [-0.2, 0) is 19.2 Å². The topological polar surface area (TPSA) is 0 Å². The molecule has 2 atom stereocenters. The third kappa shape index (κ3) is 3.56. The van der Waals surface area contributed by atoms with E-state index < -0.39 is 29.8 Å². The second-order valence-electron chi connectivity index (χ2n) is 6.59. The molecule has 0 N–H and O–H groups in total. The second kappa shape index (κ2) is 8.54. The van der Waals surface area contributed by atoms with Crippen molar-refractivity contribution in [1.29, 1.82) is 0 Å². The Morgan fingerprint density at radius 2 is 1.12 bits per heavy atom. The Balaban J connectivity index is 0.00000104. The summed E-state index contributed by atoms with van der Waals surface area (Å²) in [7, 11) is -1.12. The van der Waals surface area contributed by atoms with Gasteiger partial charge in [0, 0.05) is 0 Å². The van der Waals surface area contributed by atoms with E-state index in [1.54, 1.807) is 11.1 Å². The number of halogens is 2. The molecule has 0 amide bonds. The van der Waals surface area contributed by atoms with E-state index in [2.05, 4.69) is 84.3 Å². The number of rotatable bonds is 3. The third-order valence-corrected chi connectivity index (χ3v) is 39.7. The van der Waals surface area contributed by atoms with Gasteiger partial charge in [-0.1, -0.05) is 0 Å². The summed E-state index contributed by atoms with van der Waals surface area (Å²) >= 11 is -1.57. The zero-order chi connectivity index (χ0) is 15.1. The van der Waals surface area contributed by atoms with Crippen LogP contribution in [0.3, 0.4) is 0 Å². The Bertz CT molecular complexity index is 708. The smallest absolute Gasteiger partial charge is 1.00 e. The quantitative estimate of drug-likeness (QED) is 0.486. The van der Waals surface area contributed by atoms with Crippen LogP contribution >= 0.6 is 0 Å². The van der Waals surface area contributed by atoms with E-state index in [4.69, 9.17) is 0 Å². The van der Waals surface area contributed by atoms with Crippen molar-refractivity contribution in [3.8, 4) is 0 Å². The van der Waals surface area contributed by atoms with Crippen LogP contribution in [0.25, 0.3) is 12.2 Å². The predicted octanol–water partition coefficient (Wildman–Crippen LogP) is -0.868. The molecule has 0 fully saturated rings. The molecule has 0 nitrogen and oxygen atoms in total. The largest absolute Gasteiger partial charge is 1.00 e. The van der Waals surface area contributed by atoms with Crippen molar-refractivity contribution < 1.29 is 44.1 Å². The molecule has 0 aliphatic heterocycles. The maximum Gasteiger partial charge on any atom is -1.00 e. The van der Waals surface area contributed by atoms with Gasteiger partial charge in [-0.3, -0.25) is 0 Å². The summed E-state index contributed by atoms with van der Waals surface area (Å²) < 4.78 is 1.61. The van der Waals surface area contributed by atoms with Crippen molar-refractivity contribution in [2.24, 2.45) is 0 Å². The van der Waals surface area contributed by atoms with Gasteiger partial charge in [-0.05, 0) is 0 Å². The number of allylic oxidation sites excluding steroid dienone is 2. The van der Waals surface area contributed by atoms with E-state index >= 15 is 0 Å². The van der Waals surface area contributed by atoms with E-state index in [-0.39, 0.29) is 24.8 Å². The van der Waals surface area contributed by atoms with E-state index in [9.17, 15) is 0 Å². The molecule has 2 unspecified atom stereocenters. The zero-order valence-electron chi connectivity index (χ0n) is 13.9. The van der Waals surface area contributed by atoms with Crippen LogP contribution < -0.4 is 24.8 Å². The van der Waals surface area contributed by atoms with Crippen molar-refractivity contribution >= 4 is 22.7 Å². The average Bonchev–Trinajstić information content (AvgIpc) is 3.13. The van der Waals surface area contributed by atoms with Gasteiger partial charge in [-0.2, -0.15) is 0 Å². The molecule has 0 bridgehead atoms. The Hall–Kier alpha value is -0.0740. The SMILES string of the molecule is [CH3][GeH]([CH3])[Zr+2]([CH]1C=Cc2ccccc21)[CH]1C=Cc2ccccc21.[Cl-].[Cl-]. The first-order valence-corrected chi connectivity index (χ1v) is 24.4. The fourth-order valence-electron chi connectivity index (χ4n) is 3.99. The van der Waals surface area contributed by atoms with Gasteiger partial charge in [0.25, 0.3) is 0 Å². The average molecular weight is 496 g/mol.